The van der Waals surface area contributed by atoms with Crippen molar-refractivity contribution in [2.45, 2.75) is 38.5 Å². The zero-order valence-corrected chi connectivity index (χ0v) is 9.02. The monoisotopic (exact) mass is 228 g/mol. The summed E-state index contributed by atoms with van der Waals surface area (Å²) in [7, 11) is 0. The molecule has 2 atom stereocenters. The van der Waals surface area contributed by atoms with Crippen LogP contribution in [0.4, 0.5) is 0 Å². The van der Waals surface area contributed by atoms with Crippen LogP contribution in [0.15, 0.2) is 0 Å². The van der Waals surface area contributed by atoms with Crippen LogP contribution >= 0.6 is 0 Å². The second-order valence-electron chi connectivity index (χ2n) is 4.30. The fraction of sp³-hybridized carbons (Fsp3) is 0.727. The predicted octanol–water partition coefficient (Wildman–Crippen LogP) is 1.31. The number of aliphatic carboxylic acids is 2. The Morgan fingerprint density at radius 3 is 2.50 bits per heavy atom. The van der Waals surface area contributed by atoms with E-state index in [1.165, 1.54) is 0 Å². The number of carboxylic acid groups (broad SMARTS) is 2. The van der Waals surface area contributed by atoms with Gasteiger partial charge in [-0.25, -0.2) is 0 Å². The molecule has 0 aromatic heterocycles. The molecule has 0 aliphatic heterocycles. The van der Waals surface area contributed by atoms with Crippen molar-refractivity contribution in [1.29, 1.82) is 0 Å². The third-order valence-corrected chi connectivity index (χ3v) is 3.47. The van der Waals surface area contributed by atoms with Gasteiger partial charge in [0.25, 0.3) is 0 Å². The quantitative estimate of drug-likeness (QED) is 0.692. The van der Waals surface area contributed by atoms with Gasteiger partial charge in [0.15, 0.2) is 0 Å². The summed E-state index contributed by atoms with van der Waals surface area (Å²) in [4.78, 5) is 32.8. The minimum absolute atomic E-state index is 0.107. The van der Waals surface area contributed by atoms with Gasteiger partial charge in [-0.2, -0.15) is 0 Å². The molecular weight excluding hydrogens is 212 g/mol. The average molecular weight is 228 g/mol. The van der Waals surface area contributed by atoms with E-state index in [1.807, 2.05) is 0 Å². The molecule has 0 aromatic rings. The highest BCUT2D eigenvalue weighted by atomic mass is 16.4. The van der Waals surface area contributed by atoms with Gasteiger partial charge in [-0.05, 0) is 19.3 Å². The lowest BCUT2D eigenvalue weighted by atomic mass is 9.64. The number of carbonyl (C=O) groups excluding carboxylic acids is 1. The summed E-state index contributed by atoms with van der Waals surface area (Å²) in [5.74, 6) is -3.01. The SMILES string of the molecule is O=CCCC1(C(=O)O)CCCCC1C(=O)O. The van der Waals surface area contributed by atoms with E-state index >= 15 is 0 Å². The van der Waals surface area contributed by atoms with Gasteiger partial charge < -0.3 is 15.0 Å². The Balaban J connectivity index is 2.97. The van der Waals surface area contributed by atoms with E-state index in [-0.39, 0.29) is 12.8 Å². The lowest BCUT2D eigenvalue weighted by Crippen LogP contribution is -2.44. The summed E-state index contributed by atoms with van der Waals surface area (Å²) in [5, 5.41) is 18.3. The van der Waals surface area contributed by atoms with Crippen molar-refractivity contribution in [3.63, 3.8) is 0 Å². The number of carboxylic acids is 2. The van der Waals surface area contributed by atoms with Crippen LogP contribution in [0.5, 0.6) is 0 Å². The highest BCUT2D eigenvalue weighted by Crippen LogP contribution is 2.45. The van der Waals surface area contributed by atoms with Crippen LogP contribution < -0.4 is 0 Å². The summed E-state index contributed by atoms with van der Waals surface area (Å²) >= 11 is 0. The third-order valence-electron chi connectivity index (χ3n) is 3.47. The fourth-order valence-electron chi connectivity index (χ4n) is 2.58. The summed E-state index contributed by atoms with van der Waals surface area (Å²) in [6.45, 7) is 0. The predicted molar refractivity (Wildman–Crippen MR) is 55.0 cm³/mol. The molecule has 1 saturated carbocycles. The molecule has 0 saturated heterocycles. The van der Waals surface area contributed by atoms with Crippen LogP contribution in [0.3, 0.4) is 0 Å². The first kappa shape index (κ1) is 12.7. The van der Waals surface area contributed by atoms with Crippen molar-refractivity contribution >= 4 is 18.2 Å². The molecule has 5 heteroatoms. The van der Waals surface area contributed by atoms with Crippen molar-refractivity contribution in [2.24, 2.45) is 11.3 Å². The summed E-state index contributed by atoms with van der Waals surface area (Å²) in [5.41, 5.74) is -1.25. The van der Waals surface area contributed by atoms with Gasteiger partial charge >= 0.3 is 11.9 Å². The molecule has 16 heavy (non-hydrogen) atoms. The summed E-state index contributed by atoms with van der Waals surface area (Å²) in [6.07, 6.45) is 3.09. The Morgan fingerprint density at radius 1 is 1.31 bits per heavy atom. The number of carbonyl (C=O) groups is 3. The van der Waals surface area contributed by atoms with Crippen molar-refractivity contribution in [3.8, 4) is 0 Å². The van der Waals surface area contributed by atoms with E-state index in [9.17, 15) is 19.5 Å². The highest BCUT2D eigenvalue weighted by molar-refractivity contribution is 5.84. The van der Waals surface area contributed by atoms with E-state index in [0.29, 0.717) is 19.1 Å². The Hall–Kier alpha value is -1.39. The van der Waals surface area contributed by atoms with Gasteiger partial charge in [0, 0.05) is 6.42 Å². The van der Waals surface area contributed by atoms with Crippen LogP contribution in [0.1, 0.15) is 38.5 Å². The second-order valence-corrected chi connectivity index (χ2v) is 4.30. The lowest BCUT2D eigenvalue weighted by Gasteiger charge is -2.38. The Bertz CT molecular complexity index is 299. The molecule has 2 N–H and O–H groups in total. The molecule has 90 valence electrons. The number of hydrogen-bond acceptors (Lipinski definition) is 3. The van der Waals surface area contributed by atoms with E-state index in [2.05, 4.69) is 0 Å². The third kappa shape index (κ3) is 2.23. The minimum atomic E-state index is -1.25. The van der Waals surface area contributed by atoms with Crippen LogP contribution in [-0.2, 0) is 14.4 Å². The molecule has 0 aromatic carbocycles. The van der Waals surface area contributed by atoms with Crippen molar-refractivity contribution < 1.29 is 24.6 Å². The molecule has 1 aliphatic carbocycles. The minimum Gasteiger partial charge on any atom is -0.481 e. The first-order chi connectivity index (χ1) is 7.54. The number of hydrogen-bond donors (Lipinski definition) is 2. The zero-order valence-electron chi connectivity index (χ0n) is 9.02. The van der Waals surface area contributed by atoms with E-state index in [4.69, 9.17) is 5.11 Å². The van der Waals surface area contributed by atoms with Crippen LogP contribution in [0, 0.1) is 11.3 Å². The standard InChI is InChI=1S/C11H16O5/c12-7-3-6-11(10(15)16)5-2-1-4-8(11)9(13)14/h7-8H,1-6H2,(H,13,14)(H,15,16). The number of rotatable bonds is 5. The first-order valence-electron chi connectivity index (χ1n) is 5.44. The second kappa shape index (κ2) is 5.09. The maximum atomic E-state index is 11.3. The highest BCUT2D eigenvalue weighted by Gasteiger charge is 2.50. The van der Waals surface area contributed by atoms with Gasteiger partial charge in [-0.15, -0.1) is 0 Å². The van der Waals surface area contributed by atoms with Gasteiger partial charge in [-0.1, -0.05) is 12.8 Å². The molecule has 1 aliphatic rings. The van der Waals surface area contributed by atoms with Crippen LogP contribution in [0.2, 0.25) is 0 Å². The molecule has 5 nitrogen and oxygen atoms in total. The van der Waals surface area contributed by atoms with Gasteiger partial charge in [0.05, 0.1) is 11.3 Å². The molecular formula is C11H16O5. The largest absolute Gasteiger partial charge is 0.481 e. The Labute approximate surface area is 93.5 Å². The smallest absolute Gasteiger partial charge is 0.310 e. The van der Waals surface area contributed by atoms with E-state index < -0.39 is 23.3 Å². The molecule has 2 unspecified atom stereocenters. The fourth-order valence-corrected chi connectivity index (χ4v) is 2.58. The average Bonchev–Trinajstić information content (AvgIpc) is 2.26. The van der Waals surface area contributed by atoms with Gasteiger partial charge in [0.1, 0.15) is 6.29 Å². The van der Waals surface area contributed by atoms with Gasteiger partial charge in [-0.3, -0.25) is 9.59 Å². The molecule has 1 rings (SSSR count). The molecule has 0 spiro atoms. The normalized spacial score (nSPS) is 29.6. The molecule has 0 heterocycles. The van der Waals surface area contributed by atoms with Crippen molar-refractivity contribution in [3.05, 3.63) is 0 Å². The van der Waals surface area contributed by atoms with Crippen LogP contribution in [0.25, 0.3) is 0 Å². The zero-order chi connectivity index (χ0) is 12.2. The topological polar surface area (TPSA) is 91.7 Å². The number of aldehydes is 1. The molecule has 1 fully saturated rings. The van der Waals surface area contributed by atoms with Crippen LogP contribution in [-0.4, -0.2) is 28.4 Å². The lowest BCUT2D eigenvalue weighted by molar-refractivity contribution is -0.166. The van der Waals surface area contributed by atoms with Crippen molar-refractivity contribution in [1.82, 2.24) is 0 Å². The molecule has 0 radical (unpaired) electrons. The van der Waals surface area contributed by atoms with E-state index in [0.717, 1.165) is 12.8 Å². The maximum absolute atomic E-state index is 11.3. The van der Waals surface area contributed by atoms with E-state index in [1.54, 1.807) is 0 Å². The maximum Gasteiger partial charge on any atom is 0.310 e. The first-order valence-corrected chi connectivity index (χ1v) is 5.44. The van der Waals surface area contributed by atoms with Gasteiger partial charge in [0.2, 0.25) is 0 Å². The molecule has 0 amide bonds. The Morgan fingerprint density at radius 2 is 2.00 bits per heavy atom. The summed E-state index contributed by atoms with van der Waals surface area (Å²) in [6, 6.07) is 0. The Kier molecular flexibility index (Phi) is 4.04. The summed E-state index contributed by atoms with van der Waals surface area (Å²) < 4.78 is 0. The van der Waals surface area contributed by atoms with Crippen molar-refractivity contribution in [2.75, 3.05) is 0 Å². The molecule has 0 bridgehead atoms.